The van der Waals surface area contributed by atoms with Crippen LogP contribution in [0.5, 0.6) is 0 Å². The van der Waals surface area contributed by atoms with Crippen molar-refractivity contribution in [2.24, 2.45) is 0 Å². The Hall–Kier alpha value is -1.26. The molecule has 2 rings (SSSR count). The van der Waals surface area contributed by atoms with Crippen molar-refractivity contribution in [2.75, 3.05) is 31.6 Å². The van der Waals surface area contributed by atoms with Crippen LogP contribution in [0.2, 0.25) is 5.02 Å². The van der Waals surface area contributed by atoms with Crippen molar-refractivity contribution in [3.05, 3.63) is 28.8 Å². The van der Waals surface area contributed by atoms with E-state index < -0.39 is 5.97 Å². The van der Waals surface area contributed by atoms with Crippen LogP contribution in [0.15, 0.2) is 18.2 Å². The average Bonchev–Trinajstić information content (AvgIpc) is 2.59. The number of benzene rings is 1. The Morgan fingerprint density at radius 1 is 1.45 bits per heavy atom. The van der Waals surface area contributed by atoms with E-state index in [-0.39, 0.29) is 5.56 Å². The van der Waals surface area contributed by atoms with Crippen LogP contribution < -0.4 is 4.90 Å². The summed E-state index contributed by atoms with van der Waals surface area (Å²) < 4.78 is 0. The Labute approximate surface area is 124 Å². The molecule has 1 aliphatic heterocycles. The van der Waals surface area contributed by atoms with Crippen LogP contribution in [0.1, 0.15) is 30.1 Å². The zero-order chi connectivity index (χ0) is 14.7. The second kappa shape index (κ2) is 6.46. The van der Waals surface area contributed by atoms with E-state index in [4.69, 9.17) is 16.7 Å². The van der Waals surface area contributed by atoms with Gasteiger partial charge in [0.2, 0.25) is 0 Å². The summed E-state index contributed by atoms with van der Waals surface area (Å²) in [6.45, 7) is 5.28. The van der Waals surface area contributed by atoms with E-state index in [0.717, 1.165) is 38.2 Å². The lowest BCUT2D eigenvalue weighted by Gasteiger charge is -2.32. The van der Waals surface area contributed by atoms with Crippen molar-refractivity contribution >= 4 is 23.3 Å². The van der Waals surface area contributed by atoms with Crippen LogP contribution in [0.25, 0.3) is 0 Å². The molecule has 1 N–H and O–H groups in total. The lowest BCUT2D eigenvalue weighted by molar-refractivity contribution is 0.0697. The molecule has 1 saturated heterocycles. The number of rotatable bonds is 3. The van der Waals surface area contributed by atoms with E-state index in [0.29, 0.717) is 11.1 Å². The van der Waals surface area contributed by atoms with E-state index in [9.17, 15) is 4.79 Å². The van der Waals surface area contributed by atoms with Gasteiger partial charge in [-0.3, -0.25) is 0 Å². The van der Waals surface area contributed by atoms with Crippen molar-refractivity contribution in [1.82, 2.24) is 4.90 Å². The van der Waals surface area contributed by atoms with Crippen LogP contribution in [-0.2, 0) is 0 Å². The second-order valence-electron chi connectivity index (χ2n) is 5.34. The van der Waals surface area contributed by atoms with Crippen molar-refractivity contribution in [2.45, 2.75) is 25.8 Å². The molecule has 0 bridgehead atoms. The Balaban J connectivity index is 2.28. The van der Waals surface area contributed by atoms with E-state index in [2.05, 4.69) is 23.8 Å². The molecule has 1 heterocycles. The fraction of sp³-hybridized carbons (Fsp3) is 0.533. The fourth-order valence-corrected chi connectivity index (χ4v) is 3.04. The highest BCUT2D eigenvalue weighted by Gasteiger charge is 2.23. The normalized spacial score (nSPS) is 20.8. The third-order valence-electron chi connectivity index (χ3n) is 3.89. The van der Waals surface area contributed by atoms with Crippen LogP contribution in [0.4, 0.5) is 5.69 Å². The number of carboxylic acids is 1. The largest absolute Gasteiger partial charge is 0.478 e. The molecule has 1 aromatic rings. The first-order valence-corrected chi connectivity index (χ1v) is 7.38. The molecule has 1 aromatic carbocycles. The molecule has 110 valence electrons. The van der Waals surface area contributed by atoms with E-state index >= 15 is 0 Å². The van der Waals surface area contributed by atoms with Crippen LogP contribution in [-0.4, -0.2) is 48.7 Å². The summed E-state index contributed by atoms with van der Waals surface area (Å²) in [6, 6.07) is 5.68. The van der Waals surface area contributed by atoms with Gasteiger partial charge in [0, 0.05) is 24.8 Å². The van der Waals surface area contributed by atoms with E-state index in [1.165, 1.54) is 0 Å². The monoisotopic (exact) mass is 296 g/mol. The van der Waals surface area contributed by atoms with Gasteiger partial charge in [0.15, 0.2) is 0 Å². The smallest absolute Gasteiger partial charge is 0.337 e. The molecule has 0 radical (unpaired) electrons. The number of carboxylic acid groups (broad SMARTS) is 1. The van der Waals surface area contributed by atoms with Gasteiger partial charge in [-0.2, -0.15) is 0 Å². The van der Waals surface area contributed by atoms with Crippen molar-refractivity contribution in [1.29, 1.82) is 0 Å². The van der Waals surface area contributed by atoms with Gasteiger partial charge in [-0.15, -0.1) is 0 Å². The van der Waals surface area contributed by atoms with Gasteiger partial charge in [0.05, 0.1) is 10.6 Å². The molecule has 1 aliphatic rings. The summed E-state index contributed by atoms with van der Waals surface area (Å²) in [5, 5.41) is 9.35. The number of hydrogen-bond donors (Lipinski definition) is 1. The highest BCUT2D eigenvalue weighted by molar-refractivity contribution is 6.33. The van der Waals surface area contributed by atoms with Crippen molar-refractivity contribution in [3.8, 4) is 0 Å². The summed E-state index contributed by atoms with van der Waals surface area (Å²) >= 11 is 6.09. The van der Waals surface area contributed by atoms with Gasteiger partial charge in [-0.25, -0.2) is 4.79 Å². The summed E-state index contributed by atoms with van der Waals surface area (Å²) in [6.07, 6.45) is 2.16. The standard InChI is InChI=1S/C15H21ClN2O2/c1-3-11-10-17(2)7-4-8-18(11)12-5-6-13(15(19)20)14(16)9-12/h5-6,9,11H,3-4,7-8,10H2,1-2H3,(H,19,20). The van der Waals surface area contributed by atoms with E-state index in [1.807, 2.05) is 6.07 Å². The molecule has 0 amide bonds. The number of carbonyl (C=O) groups is 1. The van der Waals surface area contributed by atoms with Crippen LogP contribution in [0.3, 0.4) is 0 Å². The van der Waals surface area contributed by atoms with Crippen LogP contribution in [0, 0.1) is 0 Å². The molecule has 1 unspecified atom stereocenters. The molecule has 0 spiro atoms. The molecular weight excluding hydrogens is 276 g/mol. The maximum atomic E-state index is 11.0. The maximum Gasteiger partial charge on any atom is 0.337 e. The minimum atomic E-state index is -0.982. The molecule has 0 aromatic heterocycles. The predicted octanol–water partition coefficient (Wildman–Crippen LogP) is 2.96. The Morgan fingerprint density at radius 2 is 2.20 bits per heavy atom. The van der Waals surface area contributed by atoms with Gasteiger partial charge < -0.3 is 14.9 Å². The van der Waals surface area contributed by atoms with Gasteiger partial charge in [-0.1, -0.05) is 18.5 Å². The lowest BCUT2D eigenvalue weighted by Crippen LogP contribution is -2.39. The molecule has 4 nitrogen and oxygen atoms in total. The Bertz CT molecular complexity index is 493. The van der Waals surface area contributed by atoms with Gasteiger partial charge in [0.1, 0.15) is 0 Å². The van der Waals surface area contributed by atoms with Gasteiger partial charge in [-0.05, 0) is 44.6 Å². The minimum Gasteiger partial charge on any atom is -0.478 e. The maximum absolute atomic E-state index is 11.0. The quantitative estimate of drug-likeness (QED) is 0.931. The van der Waals surface area contributed by atoms with E-state index in [1.54, 1.807) is 12.1 Å². The molecule has 20 heavy (non-hydrogen) atoms. The highest BCUT2D eigenvalue weighted by atomic mass is 35.5. The first-order valence-electron chi connectivity index (χ1n) is 7.01. The Kier molecular flexibility index (Phi) is 4.89. The Morgan fingerprint density at radius 3 is 2.80 bits per heavy atom. The first kappa shape index (κ1) is 15.1. The van der Waals surface area contributed by atoms with Gasteiger partial charge >= 0.3 is 5.97 Å². The first-order chi connectivity index (χ1) is 9.52. The third kappa shape index (κ3) is 3.25. The molecule has 1 atom stereocenters. The topological polar surface area (TPSA) is 43.8 Å². The van der Waals surface area contributed by atoms with Crippen molar-refractivity contribution in [3.63, 3.8) is 0 Å². The number of nitrogens with zero attached hydrogens (tertiary/aromatic N) is 2. The SMILES string of the molecule is CCC1CN(C)CCCN1c1ccc(C(=O)O)c(Cl)c1. The summed E-state index contributed by atoms with van der Waals surface area (Å²) in [5.74, 6) is -0.982. The minimum absolute atomic E-state index is 0.162. The lowest BCUT2D eigenvalue weighted by atomic mass is 10.1. The number of halogens is 1. The molecule has 1 fully saturated rings. The number of aromatic carboxylic acids is 1. The summed E-state index contributed by atoms with van der Waals surface area (Å²) in [7, 11) is 2.15. The van der Waals surface area contributed by atoms with Crippen LogP contribution >= 0.6 is 11.6 Å². The zero-order valence-electron chi connectivity index (χ0n) is 12.0. The molecule has 5 heteroatoms. The predicted molar refractivity (Wildman–Crippen MR) is 82.0 cm³/mol. The second-order valence-corrected chi connectivity index (χ2v) is 5.75. The summed E-state index contributed by atoms with van der Waals surface area (Å²) in [5.41, 5.74) is 1.18. The van der Waals surface area contributed by atoms with Gasteiger partial charge in [0.25, 0.3) is 0 Å². The number of likely N-dealkylation sites (N-methyl/N-ethyl adjacent to an activating group) is 1. The fourth-order valence-electron chi connectivity index (χ4n) is 2.79. The number of anilines is 1. The average molecular weight is 297 g/mol. The molecular formula is C15H21ClN2O2. The number of hydrogen-bond acceptors (Lipinski definition) is 3. The third-order valence-corrected chi connectivity index (χ3v) is 4.20. The summed E-state index contributed by atoms with van der Waals surface area (Å²) in [4.78, 5) is 15.7. The highest BCUT2D eigenvalue weighted by Crippen LogP contribution is 2.27. The molecule has 0 aliphatic carbocycles. The molecule has 0 saturated carbocycles. The van der Waals surface area contributed by atoms with Crippen molar-refractivity contribution < 1.29 is 9.90 Å². The zero-order valence-corrected chi connectivity index (χ0v) is 12.7.